The zero-order valence-corrected chi connectivity index (χ0v) is 16.8. The van der Waals surface area contributed by atoms with Crippen LogP contribution in [0.3, 0.4) is 0 Å². The summed E-state index contributed by atoms with van der Waals surface area (Å²) in [7, 11) is 0. The Morgan fingerprint density at radius 3 is 1.26 bits per heavy atom. The van der Waals surface area contributed by atoms with Gasteiger partial charge in [0.25, 0.3) is 0 Å². The highest BCUT2D eigenvalue weighted by atomic mass is 19.4. The number of alkyl halides is 17. The molecule has 4 nitrogen and oxygen atoms in total. The van der Waals surface area contributed by atoms with E-state index in [-0.39, 0.29) is 0 Å². The number of carbonyl (C=O) groups is 1. The predicted octanol–water partition coefficient (Wildman–Crippen LogP) is 6.45. The minimum Gasteiger partial charge on any atom is -0.461 e. The molecule has 210 valence electrons. The predicted molar refractivity (Wildman–Crippen MR) is 73.3 cm³/mol. The fraction of sp³-hybridized carbons (Fsp3) is 0.929. The molecule has 0 amide bonds. The third-order valence-electron chi connectivity index (χ3n) is 3.26. The smallest absolute Gasteiger partial charge is 0.461 e. The van der Waals surface area contributed by atoms with Gasteiger partial charge in [0.2, 0.25) is 0 Å². The van der Waals surface area contributed by atoms with E-state index in [0.717, 1.165) is 20.8 Å². The summed E-state index contributed by atoms with van der Waals surface area (Å²) in [6.45, 7) is 1.84. The molecule has 0 aromatic heterocycles. The first-order valence-corrected chi connectivity index (χ1v) is 8.08. The standard InChI is InChI=1S/C14H11F17O4/c1-6(2,3)4-33-5(32)7(15,10(19,20)21)34-14(30,31)9(18,12(25,26)27)35-13(28,29)8(16,17)11(22,23)24/h4H2,1-3H3/t7-,9+/m0/s1. The molecule has 35 heavy (non-hydrogen) atoms. The second kappa shape index (κ2) is 8.94. The number of rotatable bonds is 8. The molecule has 0 aliphatic carbocycles. The fourth-order valence-electron chi connectivity index (χ4n) is 1.52. The van der Waals surface area contributed by atoms with Gasteiger partial charge in [-0.3, -0.25) is 9.47 Å². The lowest BCUT2D eigenvalue weighted by atomic mass is 9.99. The average Bonchev–Trinajstić information content (AvgIpc) is 2.54. The van der Waals surface area contributed by atoms with Crippen LogP contribution in [0.4, 0.5) is 74.6 Å². The van der Waals surface area contributed by atoms with Crippen LogP contribution in [-0.4, -0.2) is 61.0 Å². The Labute approximate surface area is 182 Å². The number of esters is 1. The van der Waals surface area contributed by atoms with Crippen LogP contribution in [0.5, 0.6) is 0 Å². The summed E-state index contributed by atoms with van der Waals surface area (Å²) in [4.78, 5) is 11.4. The zero-order valence-electron chi connectivity index (χ0n) is 16.8. The Bertz CT molecular complexity index is 763. The summed E-state index contributed by atoms with van der Waals surface area (Å²) in [6, 6.07) is 0. The molecule has 21 heteroatoms. The molecular formula is C14H11F17O4. The molecule has 0 N–H and O–H groups in total. The maximum atomic E-state index is 14.1. The minimum atomic E-state index is -8.05. The van der Waals surface area contributed by atoms with Gasteiger partial charge >= 0.3 is 54.3 Å². The molecule has 0 rings (SSSR count). The number of ether oxygens (including phenoxy) is 3. The molecule has 0 unspecified atom stereocenters. The summed E-state index contributed by atoms with van der Waals surface area (Å²) in [5, 5.41) is 0. The lowest BCUT2D eigenvalue weighted by Gasteiger charge is -2.40. The van der Waals surface area contributed by atoms with Gasteiger partial charge in [-0.15, -0.1) is 0 Å². The van der Waals surface area contributed by atoms with E-state index >= 15 is 0 Å². The van der Waals surface area contributed by atoms with Crippen molar-refractivity contribution in [2.75, 3.05) is 6.61 Å². The molecule has 0 aliphatic rings. The van der Waals surface area contributed by atoms with Crippen molar-refractivity contribution in [2.45, 2.75) is 69.1 Å². The maximum Gasteiger partial charge on any atom is 0.462 e. The van der Waals surface area contributed by atoms with Gasteiger partial charge in [0.15, 0.2) is 0 Å². The van der Waals surface area contributed by atoms with Crippen molar-refractivity contribution in [1.82, 2.24) is 0 Å². The molecule has 0 fully saturated rings. The van der Waals surface area contributed by atoms with Crippen LogP contribution >= 0.6 is 0 Å². The zero-order chi connectivity index (χ0) is 28.9. The first-order chi connectivity index (χ1) is 14.8. The van der Waals surface area contributed by atoms with E-state index in [0.29, 0.717) is 0 Å². The van der Waals surface area contributed by atoms with Gasteiger partial charge in [-0.25, -0.2) is 4.79 Å². The normalized spacial score (nSPS) is 18.6. The van der Waals surface area contributed by atoms with Crippen LogP contribution in [0.1, 0.15) is 20.8 Å². The van der Waals surface area contributed by atoms with E-state index in [1.807, 2.05) is 4.74 Å². The molecule has 0 spiro atoms. The number of carbonyl (C=O) groups excluding carboxylic acids is 1. The number of halogens is 17. The van der Waals surface area contributed by atoms with Crippen molar-refractivity contribution in [3.63, 3.8) is 0 Å². The minimum absolute atomic E-state index is 1.05. The summed E-state index contributed by atoms with van der Waals surface area (Å²) in [6.07, 6.45) is -38.6. The summed E-state index contributed by atoms with van der Waals surface area (Å²) in [5.41, 5.74) is -1.39. The molecule has 0 saturated heterocycles. The van der Waals surface area contributed by atoms with Gasteiger partial charge in [0, 0.05) is 0 Å². The first kappa shape index (κ1) is 33.2. The van der Waals surface area contributed by atoms with Crippen molar-refractivity contribution in [3.05, 3.63) is 0 Å². The van der Waals surface area contributed by atoms with Crippen molar-refractivity contribution >= 4 is 5.97 Å². The monoisotopic (exact) mass is 566 g/mol. The summed E-state index contributed by atoms with van der Waals surface area (Å²) < 4.78 is 227. The van der Waals surface area contributed by atoms with Gasteiger partial charge in [0.05, 0.1) is 6.61 Å². The van der Waals surface area contributed by atoms with E-state index < -0.39 is 66.4 Å². The van der Waals surface area contributed by atoms with E-state index in [1.165, 1.54) is 4.74 Å². The highest BCUT2D eigenvalue weighted by Crippen LogP contribution is 2.56. The highest BCUT2D eigenvalue weighted by Gasteiger charge is 2.85. The first-order valence-electron chi connectivity index (χ1n) is 8.08. The van der Waals surface area contributed by atoms with E-state index in [2.05, 4.69) is 4.74 Å². The molecule has 0 saturated carbocycles. The van der Waals surface area contributed by atoms with Crippen LogP contribution in [0.15, 0.2) is 0 Å². The molecule has 0 aliphatic heterocycles. The van der Waals surface area contributed by atoms with Gasteiger partial charge in [-0.2, -0.15) is 74.6 Å². The van der Waals surface area contributed by atoms with Gasteiger partial charge in [-0.1, -0.05) is 20.8 Å². The Morgan fingerprint density at radius 2 is 0.971 bits per heavy atom. The second-order valence-electron chi connectivity index (χ2n) is 7.63. The Morgan fingerprint density at radius 1 is 0.571 bits per heavy atom. The van der Waals surface area contributed by atoms with Crippen molar-refractivity contribution in [1.29, 1.82) is 0 Å². The van der Waals surface area contributed by atoms with E-state index in [9.17, 15) is 79.4 Å². The Hall–Kier alpha value is -1.80. The molecule has 0 aromatic carbocycles. The largest absolute Gasteiger partial charge is 0.462 e. The Balaban J connectivity index is 6.69. The fourth-order valence-corrected chi connectivity index (χ4v) is 1.52. The average molecular weight is 566 g/mol. The van der Waals surface area contributed by atoms with Crippen molar-refractivity contribution < 1.29 is 93.6 Å². The van der Waals surface area contributed by atoms with Crippen LogP contribution in [0.25, 0.3) is 0 Å². The number of hydrogen-bond donors (Lipinski definition) is 0. The van der Waals surface area contributed by atoms with E-state index in [4.69, 9.17) is 0 Å². The van der Waals surface area contributed by atoms with Crippen LogP contribution in [0.2, 0.25) is 0 Å². The topological polar surface area (TPSA) is 44.8 Å². The lowest BCUT2D eigenvalue weighted by Crippen LogP contribution is -2.68. The molecule has 0 radical (unpaired) electrons. The third kappa shape index (κ3) is 6.50. The lowest BCUT2D eigenvalue weighted by molar-refractivity contribution is -0.548. The summed E-state index contributed by atoms with van der Waals surface area (Å²) >= 11 is 0. The van der Waals surface area contributed by atoms with Crippen LogP contribution in [0, 0.1) is 5.41 Å². The third-order valence-corrected chi connectivity index (χ3v) is 3.26. The molecule has 2 atom stereocenters. The van der Waals surface area contributed by atoms with Crippen LogP contribution < -0.4 is 0 Å². The quantitative estimate of drug-likeness (QED) is 0.251. The van der Waals surface area contributed by atoms with Crippen molar-refractivity contribution in [2.24, 2.45) is 5.41 Å². The van der Waals surface area contributed by atoms with Crippen LogP contribution in [-0.2, 0) is 19.0 Å². The van der Waals surface area contributed by atoms with Gasteiger partial charge < -0.3 is 4.74 Å². The number of hydrogen-bond acceptors (Lipinski definition) is 4. The molecule has 0 aromatic rings. The van der Waals surface area contributed by atoms with E-state index in [1.54, 1.807) is 0 Å². The SMILES string of the molecule is CC(C)(C)COC(=O)[C@](F)(OC(F)(F)[C@](F)(OC(F)(F)C(F)(F)C(F)(F)F)C(F)(F)F)C(F)(F)F. The maximum absolute atomic E-state index is 14.1. The Kier molecular flexibility index (Phi) is 8.48. The molecule has 0 bridgehead atoms. The van der Waals surface area contributed by atoms with Gasteiger partial charge in [0.1, 0.15) is 0 Å². The molecular weight excluding hydrogens is 555 g/mol. The molecule has 0 heterocycles. The second-order valence-corrected chi connectivity index (χ2v) is 7.63. The highest BCUT2D eigenvalue weighted by molar-refractivity contribution is 5.79. The van der Waals surface area contributed by atoms with Gasteiger partial charge in [-0.05, 0) is 5.41 Å². The van der Waals surface area contributed by atoms with Crippen molar-refractivity contribution in [3.8, 4) is 0 Å². The summed E-state index contributed by atoms with van der Waals surface area (Å²) in [5.74, 6) is -26.4.